The Bertz CT molecular complexity index is 470. The maximum Gasteiger partial charge on any atom is 0.246 e. The van der Waals surface area contributed by atoms with Crippen LogP contribution in [0.3, 0.4) is 0 Å². The monoisotopic (exact) mass is 261 g/mol. The molecule has 0 bridgehead atoms. The molecule has 1 atom stereocenters. The fourth-order valence-corrected chi connectivity index (χ4v) is 2.17. The van der Waals surface area contributed by atoms with E-state index in [-0.39, 0.29) is 12.0 Å². The highest BCUT2D eigenvalue weighted by molar-refractivity contribution is 5.91. The molecule has 19 heavy (non-hydrogen) atoms. The molecule has 4 nitrogen and oxygen atoms in total. The molecule has 102 valence electrons. The van der Waals surface area contributed by atoms with Crippen molar-refractivity contribution < 1.29 is 14.6 Å². The largest absolute Gasteiger partial charge is 0.497 e. The number of β-amino-alcohol motifs (C(OH)–C–C–N with tert-alkyl or cyclic N) is 1. The van der Waals surface area contributed by atoms with Crippen LogP contribution >= 0.6 is 0 Å². The number of nitrogens with zero attached hydrogens (tertiary/aromatic N) is 1. The first-order valence-electron chi connectivity index (χ1n) is 6.48. The number of likely N-dealkylation sites (tertiary alicyclic amines) is 1. The number of benzene rings is 1. The lowest BCUT2D eigenvalue weighted by molar-refractivity contribution is -0.128. The minimum Gasteiger partial charge on any atom is -0.497 e. The van der Waals surface area contributed by atoms with E-state index in [2.05, 4.69) is 0 Å². The maximum absolute atomic E-state index is 12.0. The predicted molar refractivity (Wildman–Crippen MR) is 73.8 cm³/mol. The fourth-order valence-electron chi connectivity index (χ4n) is 2.17. The van der Waals surface area contributed by atoms with Crippen LogP contribution in [0.4, 0.5) is 0 Å². The van der Waals surface area contributed by atoms with Crippen LogP contribution in [0, 0.1) is 0 Å². The number of ether oxygens (including phenoxy) is 1. The standard InChI is InChI=1S/C15H19NO3/c1-19-14-6-2-4-12(10-14)7-8-15(18)16-9-3-5-13(17)11-16/h2,4,6-8,10,13,17H,3,5,9,11H2,1H3/b8-7+/t13-/m0/s1. The summed E-state index contributed by atoms with van der Waals surface area (Å²) in [5, 5.41) is 9.55. The number of carbonyl (C=O) groups is 1. The summed E-state index contributed by atoms with van der Waals surface area (Å²) in [5.41, 5.74) is 0.922. The van der Waals surface area contributed by atoms with Gasteiger partial charge in [-0.1, -0.05) is 12.1 Å². The van der Waals surface area contributed by atoms with Crippen molar-refractivity contribution in [2.24, 2.45) is 0 Å². The highest BCUT2D eigenvalue weighted by Gasteiger charge is 2.20. The second kappa shape index (κ2) is 6.38. The topological polar surface area (TPSA) is 49.8 Å². The molecule has 1 heterocycles. The van der Waals surface area contributed by atoms with Crippen LogP contribution < -0.4 is 4.74 Å². The van der Waals surface area contributed by atoms with Crippen molar-refractivity contribution in [3.8, 4) is 5.75 Å². The summed E-state index contributed by atoms with van der Waals surface area (Å²) >= 11 is 0. The van der Waals surface area contributed by atoms with Crippen molar-refractivity contribution >= 4 is 12.0 Å². The first-order valence-corrected chi connectivity index (χ1v) is 6.48. The quantitative estimate of drug-likeness (QED) is 0.842. The number of rotatable bonds is 3. The molecule has 1 aliphatic rings. The minimum absolute atomic E-state index is 0.0541. The zero-order valence-corrected chi connectivity index (χ0v) is 11.1. The van der Waals surface area contributed by atoms with Crippen LogP contribution in [-0.2, 0) is 4.79 Å². The van der Waals surface area contributed by atoms with E-state index in [9.17, 15) is 9.90 Å². The Labute approximate surface area is 113 Å². The highest BCUT2D eigenvalue weighted by atomic mass is 16.5. The van der Waals surface area contributed by atoms with E-state index in [4.69, 9.17) is 4.74 Å². The van der Waals surface area contributed by atoms with Crippen molar-refractivity contribution in [2.45, 2.75) is 18.9 Å². The Morgan fingerprint density at radius 3 is 3.11 bits per heavy atom. The molecular formula is C15H19NO3. The SMILES string of the molecule is COc1cccc(/C=C/C(=O)N2CCC[C@H](O)C2)c1. The molecule has 1 aromatic rings. The van der Waals surface area contributed by atoms with E-state index in [1.54, 1.807) is 24.2 Å². The number of amides is 1. The summed E-state index contributed by atoms with van der Waals surface area (Å²) in [7, 11) is 1.61. The summed E-state index contributed by atoms with van der Waals surface area (Å²) in [6.45, 7) is 1.15. The molecule has 1 saturated heterocycles. The predicted octanol–water partition coefficient (Wildman–Crippen LogP) is 1.69. The summed E-state index contributed by atoms with van der Waals surface area (Å²) in [5.74, 6) is 0.713. The smallest absolute Gasteiger partial charge is 0.246 e. The van der Waals surface area contributed by atoms with Crippen molar-refractivity contribution in [3.63, 3.8) is 0 Å². The summed E-state index contributed by atoms with van der Waals surface area (Å²) < 4.78 is 5.13. The molecule has 0 unspecified atom stereocenters. The highest BCUT2D eigenvalue weighted by Crippen LogP contribution is 2.14. The molecule has 4 heteroatoms. The van der Waals surface area contributed by atoms with Gasteiger partial charge in [0.2, 0.25) is 5.91 Å². The van der Waals surface area contributed by atoms with Gasteiger partial charge in [-0.25, -0.2) is 0 Å². The molecule has 0 aromatic heterocycles. The lowest BCUT2D eigenvalue weighted by atomic mass is 10.1. The van der Waals surface area contributed by atoms with Crippen LogP contribution in [0.5, 0.6) is 5.75 Å². The molecule has 0 saturated carbocycles. The summed E-state index contributed by atoms with van der Waals surface area (Å²) in [6, 6.07) is 7.53. The van der Waals surface area contributed by atoms with Gasteiger partial charge >= 0.3 is 0 Å². The van der Waals surface area contributed by atoms with Crippen molar-refractivity contribution in [1.82, 2.24) is 4.90 Å². The van der Waals surface area contributed by atoms with Crippen LogP contribution in [0.25, 0.3) is 6.08 Å². The van der Waals surface area contributed by atoms with E-state index in [1.165, 1.54) is 0 Å². The molecular weight excluding hydrogens is 242 g/mol. The first-order chi connectivity index (χ1) is 9.19. The number of hydrogen-bond donors (Lipinski definition) is 1. The molecule has 0 spiro atoms. The third kappa shape index (κ3) is 3.83. The van der Waals surface area contributed by atoms with Gasteiger partial charge in [0.05, 0.1) is 13.2 Å². The van der Waals surface area contributed by atoms with Gasteiger partial charge in [0, 0.05) is 19.2 Å². The van der Waals surface area contributed by atoms with Gasteiger partial charge in [0.15, 0.2) is 0 Å². The van der Waals surface area contributed by atoms with Gasteiger partial charge in [-0.05, 0) is 36.6 Å². The van der Waals surface area contributed by atoms with Crippen molar-refractivity contribution in [1.29, 1.82) is 0 Å². The Balaban J connectivity index is 1.99. The van der Waals surface area contributed by atoms with Crippen LogP contribution in [0.2, 0.25) is 0 Å². The van der Waals surface area contributed by atoms with E-state index in [1.807, 2.05) is 24.3 Å². The summed E-state index contributed by atoms with van der Waals surface area (Å²) in [6.07, 6.45) is 4.57. The van der Waals surface area contributed by atoms with Gasteiger partial charge in [-0.3, -0.25) is 4.79 Å². The number of piperidine rings is 1. The number of carbonyl (C=O) groups excluding carboxylic acids is 1. The van der Waals surface area contributed by atoms with E-state index in [0.717, 1.165) is 30.7 Å². The zero-order valence-electron chi connectivity index (χ0n) is 11.1. The molecule has 1 N–H and O–H groups in total. The zero-order chi connectivity index (χ0) is 13.7. The normalized spacial score (nSPS) is 19.7. The molecule has 0 radical (unpaired) electrons. The number of hydrogen-bond acceptors (Lipinski definition) is 3. The molecule has 1 fully saturated rings. The van der Waals surface area contributed by atoms with E-state index < -0.39 is 0 Å². The van der Waals surface area contributed by atoms with E-state index >= 15 is 0 Å². The molecule has 0 aliphatic carbocycles. The third-order valence-corrected chi connectivity index (χ3v) is 3.22. The minimum atomic E-state index is -0.386. The Morgan fingerprint density at radius 1 is 1.53 bits per heavy atom. The van der Waals surface area contributed by atoms with Crippen LogP contribution in [0.15, 0.2) is 30.3 Å². The Kier molecular flexibility index (Phi) is 4.58. The third-order valence-electron chi connectivity index (χ3n) is 3.22. The fraction of sp³-hybridized carbons (Fsp3) is 0.400. The summed E-state index contributed by atoms with van der Waals surface area (Å²) in [4.78, 5) is 13.7. The van der Waals surface area contributed by atoms with Crippen molar-refractivity contribution in [2.75, 3.05) is 20.2 Å². The van der Waals surface area contributed by atoms with Crippen LogP contribution in [-0.4, -0.2) is 42.2 Å². The van der Waals surface area contributed by atoms with Gasteiger partial charge < -0.3 is 14.7 Å². The molecule has 1 aliphatic heterocycles. The van der Waals surface area contributed by atoms with Gasteiger partial charge in [0.25, 0.3) is 0 Å². The van der Waals surface area contributed by atoms with Crippen LogP contribution in [0.1, 0.15) is 18.4 Å². The lowest BCUT2D eigenvalue weighted by Gasteiger charge is -2.29. The number of methoxy groups -OCH3 is 1. The molecule has 1 amide bonds. The average molecular weight is 261 g/mol. The Hall–Kier alpha value is -1.81. The second-order valence-electron chi connectivity index (χ2n) is 4.69. The van der Waals surface area contributed by atoms with Gasteiger partial charge in [-0.2, -0.15) is 0 Å². The number of aliphatic hydroxyl groups excluding tert-OH is 1. The Morgan fingerprint density at radius 2 is 2.37 bits per heavy atom. The van der Waals surface area contributed by atoms with Gasteiger partial charge in [-0.15, -0.1) is 0 Å². The second-order valence-corrected chi connectivity index (χ2v) is 4.69. The van der Waals surface area contributed by atoms with E-state index in [0.29, 0.717) is 6.54 Å². The average Bonchev–Trinajstić information content (AvgIpc) is 2.45. The molecule has 1 aromatic carbocycles. The first kappa shape index (κ1) is 13.6. The molecule has 2 rings (SSSR count). The van der Waals surface area contributed by atoms with Crippen molar-refractivity contribution in [3.05, 3.63) is 35.9 Å². The maximum atomic E-state index is 12.0. The lowest BCUT2D eigenvalue weighted by Crippen LogP contribution is -2.41. The van der Waals surface area contributed by atoms with Gasteiger partial charge in [0.1, 0.15) is 5.75 Å². The number of aliphatic hydroxyl groups is 1.